The molecule has 1 heterocycles. The van der Waals surface area contributed by atoms with Gasteiger partial charge in [-0.25, -0.2) is 0 Å². The number of ether oxygens (including phenoxy) is 2. The Morgan fingerprint density at radius 3 is 2.00 bits per heavy atom. The van der Waals surface area contributed by atoms with Crippen LogP contribution in [0.15, 0.2) is 0 Å². The minimum Gasteiger partial charge on any atom is -0.356 e. The van der Waals surface area contributed by atoms with E-state index in [1.165, 1.54) is 7.11 Å². The monoisotopic (exact) mass is 318 g/mol. The fourth-order valence-electron chi connectivity index (χ4n) is 1.81. The molecule has 1 fully saturated rings. The molecule has 0 radical (unpaired) electrons. The van der Waals surface area contributed by atoms with E-state index < -0.39 is 44.8 Å². The van der Waals surface area contributed by atoms with Gasteiger partial charge in [-0.2, -0.15) is 16.8 Å². The van der Waals surface area contributed by atoms with Crippen LogP contribution in [0.3, 0.4) is 0 Å². The summed E-state index contributed by atoms with van der Waals surface area (Å²) in [6, 6.07) is 0. The first-order valence-corrected chi connectivity index (χ1v) is 9.10. The average molecular weight is 318 g/mol. The van der Waals surface area contributed by atoms with Gasteiger partial charge in [0.1, 0.15) is 12.2 Å². The van der Waals surface area contributed by atoms with Crippen molar-refractivity contribution in [1.82, 2.24) is 0 Å². The normalized spacial score (nSPS) is 33.3. The molecule has 0 bridgehead atoms. The Bertz CT molecular complexity index is 496. The molecule has 1 rings (SSSR count). The fourth-order valence-corrected chi connectivity index (χ4v) is 3.13. The van der Waals surface area contributed by atoms with E-state index in [4.69, 9.17) is 17.8 Å². The molecule has 10 heteroatoms. The van der Waals surface area contributed by atoms with Crippen molar-refractivity contribution in [2.24, 2.45) is 0 Å². The van der Waals surface area contributed by atoms with Gasteiger partial charge in [0.25, 0.3) is 20.2 Å². The Balaban J connectivity index is 2.94. The van der Waals surface area contributed by atoms with Crippen LogP contribution in [-0.4, -0.2) is 61.1 Å². The summed E-state index contributed by atoms with van der Waals surface area (Å²) in [5.74, 6) is 0. The van der Waals surface area contributed by atoms with E-state index in [2.05, 4.69) is 0 Å². The lowest BCUT2D eigenvalue weighted by Crippen LogP contribution is -2.51. The maximum atomic E-state index is 11.2. The summed E-state index contributed by atoms with van der Waals surface area (Å²) in [5.41, 5.74) is 0. The van der Waals surface area contributed by atoms with E-state index in [9.17, 15) is 16.8 Å². The van der Waals surface area contributed by atoms with Gasteiger partial charge >= 0.3 is 0 Å². The molecule has 1 aliphatic heterocycles. The van der Waals surface area contributed by atoms with Crippen molar-refractivity contribution in [3.8, 4) is 0 Å². The number of hydrogen-bond acceptors (Lipinski definition) is 8. The molecule has 4 atom stereocenters. The molecular formula is C9H18O8S2. The van der Waals surface area contributed by atoms with Crippen LogP contribution in [0.25, 0.3) is 0 Å². The molecule has 19 heavy (non-hydrogen) atoms. The lowest BCUT2D eigenvalue weighted by molar-refractivity contribution is -0.226. The molecule has 0 saturated carbocycles. The van der Waals surface area contributed by atoms with Crippen molar-refractivity contribution < 1.29 is 34.7 Å². The average Bonchev–Trinajstić information content (AvgIpc) is 2.19. The summed E-state index contributed by atoms with van der Waals surface area (Å²) in [4.78, 5) is 0. The third-order valence-corrected chi connectivity index (χ3v) is 3.64. The van der Waals surface area contributed by atoms with Gasteiger partial charge in [-0.15, -0.1) is 0 Å². The van der Waals surface area contributed by atoms with E-state index in [-0.39, 0.29) is 6.42 Å². The first-order valence-electron chi connectivity index (χ1n) is 5.46. The Labute approximate surface area is 113 Å². The van der Waals surface area contributed by atoms with Crippen LogP contribution in [0.1, 0.15) is 13.3 Å². The molecule has 0 aromatic heterocycles. The Morgan fingerprint density at radius 2 is 1.58 bits per heavy atom. The first kappa shape index (κ1) is 16.8. The minimum absolute atomic E-state index is 0.0497. The molecule has 0 aliphatic carbocycles. The van der Waals surface area contributed by atoms with Crippen molar-refractivity contribution in [1.29, 1.82) is 0 Å². The van der Waals surface area contributed by atoms with E-state index >= 15 is 0 Å². The van der Waals surface area contributed by atoms with Crippen LogP contribution in [0.5, 0.6) is 0 Å². The summed E-state index contributed by atoms with van der Waals surface area (Å²) < 4.78 is 64.8. The van der Waals surface area contributed by atoms with Crippen molar-refractivity contribution in [2.75, 3.05) is 19.6 Å². The second kappa shape index (κ2) is 6.02. The van der Waals surface area contributed by atoms with Crippen molar-refractivity contribution >= 4 is 20.2 Å². The van der Waals surface area contributed by atoms with Gasteiger partial charge in [0.05, 0.1) is 18.6 Å². The van der Waals surface area contributed by atoms with Gasteiger partial charge in [0.15, 0.2) is 6.29 Å². The minimum atomic E-state index is -3.77. The Hall–Kier alpha value is -0.260. The quantitative estimate of drug-likeness (QED) is 0.622. The molecule has 0 aromatic carbocycles. The van der Waals surface area contributed by atoms with Gasteiger partial charge < -0.3 is 9.47 Å². The zero-order valence-corrected chi connectivity index (χ0v) is 12.7. The van der Waals surface area contributed by atoms with E-state index in [1.54, 1.807) is 6.92 Å². The fraction of sp³-hybridized carbons (Fsp3) is 1.00. The highest BCUT2D eigenvalue weighted by Gasteiger charge is 2.42. The van der Waals surface area contributed by atoms with Crippen LogP contribution in [0.2, 0.25) is 0 Å². The zero-order valence-electron chi connectivity index (χ0n) is 11.1. The highest BCUT2D eigenvalue weighted by atomic mass is 32.2. The van der Waals surface area contributed by atoms with Gasteiger partial charge in [0.2, 0.25) is 0 Å². The second-order valence-electron chi connectivity index (χ2n) is 4.35. The molecule has 4 unspecified atom stereocenters. The number of methoxy groups -OCH3 is 1. The first-order chi connectivity index (χ1) is 8.52. The lowest BCUT2D eigenvalue weighted by Gasteiger charge is -2.37. The Kier molecular flexibility index (Phi) is 5.32. The van der Waals surface area contributed by atoms with Crippen LogP contribution in [0.4, 0.5) is 0 Å². The molecule has 1 aliphatic rings. The number of hydrogen-bond donors (Lipinski definition) is 0. The molecule has 0 spiro atoms. The predicted octanol–water partition coefficient (Wildman–Crippen LogP) is -0.543. The summed E-state index contributed by atoms with van der Waals surface area (Å²) in [5, 5.41) is 0. The number of rotatable bonds is 5. The summed E-state index contributed by atoms with van der Waals surface area (Å²) >= 11 is 0. The standard InChI is InChI=1S/C9H18O8S2/c1-6-9(17-19(4,12)13)7(16-18(3,10)11)5-8(14-2)15-6/h6-9H,5H2,1-4H3. The van der Waals surface area contributed by atoms with E-state index in [1.807, 2.05) is 0 Å². The smallest absolute Gasteiger partial charge is 0.264 e. The van der Waals surface area contributed by atoms with Gasteiger partial charge in [-0.3, -0.25) is 8.37 Å². The maximum Gasteiger partial charge on any atom is 0.264 e. The summed E-state index contributed by atoms with van der Waals surface area (Å²) in [6.07, 6.45) is -1.60. The lowest BCUT2D eigenvalue weighted by atomic mass is 10.0. The topological polar surface area (TPSA) is 105 Å². The van der Waals surface area contributed by atoms with Crippen molar-refractivity contribution in [2.45, 2.75) is 37.9 Å². The van der Waals surface area contributed by atoms with Crippen molar-refractivity contribution in [3.63, 3.8) is 0 Å². The SMILES string of the molecule is COC1CC(OS(C)(=O)=O)C(OS(C)(=O)=O)C(C)O1. The summed E-state index contributed by atoms with van der Waals surface area (Å²) in [6.45, 7) is 1.56. The van der Waals surface area contributed by atoms with Gasteiger partial charge in [-0.1, -0.05) is 0 Å². The molecular weight excluding hydrogens is 300 g/mol. The molecule has 8 nitrogen and oxygen atoms in total. The van der Waals surface area contributed by atoms with Crippen LogP contribution < -0.4 is 0 Å². The Morgan fingerprint density at radius 1 is 1.05 bits per heavy atom. The summed E-state index contributed by atoms with van der Waals surface area (Å²) in [7, 11) is -6.12. The van der Waals surface area contributed by atoms with Crippen LogP contribution in [-0.2, 0) is 38.1 Å². The van der Waals surface area contributed by atoms with E-state index in [0.717, 1.165) is 12.5 Å². The maximum absolute atomic E-state index is 11.2. The second-order valence-corrected chi connectivity index (χ2v) is 7.55. The highest BCUT2D eigenvalue weighted by Crippen LogP contribution is 2.27. The van der Waals surface area contributed by atoms with Gasteiger partial charge in [0, 0.05) is 13.5 Å². The third-order valence-electron chi connectivity index (χ3n) is 2.47. The van der Waals surface area contributed by atoms with Crippen LogP contribution in [0, 0.1) is 0 Å². The predicted molar refractivity (Wildman–Crippen MR) is 65.4 cm³/mol. The molecule has 114 valence electrons. The van der Waals surface area contributed by atoms with E-state index in [0.29, 0.717) is 0 Å². The molecule has 0 N–H and O–H groups in total. The van der Waals surface area contributed by atoms with Crippen molar-refractivity contribution in [3.05, 3.63) is 0 Å². The largest absolute Gasteiger partial charge is 0.356 e. The zero-order chi connectivity index (χ0) is 14.8. The molecule has 0 amide bonds. The highest BCUT2D eigenvalue weighted by molar-refractivity contribution is 7.86. The molecule has 0 aromatic rings. The van der Waals surface area contributed by atoms with Gasteiger partial charge in [-0.05, 0) is 6.92 Å². The molecule has 1 saturated heterocycles. The third kappa shape index (κ3) is 5.71. The van der Waals surface area contributed by atoms with Crippen LogP contribution >= 0.6 is 0 Å².